The highest BCUT2D eigenvalue weighted by Crippen LogP contribution is 2.28. The Morgan fingerprint density at radius 2 is 2.18 bits per heavy atom. The molecule has 92 valence electrons. The molecule has 17 heavy (non-hydrogen) atoms. The summed E-state index contributed by atoms with van der Waals surface area (Å²) in [5.41, 5.74) is 0.688. The highest BCUT2D eigenvalue weighted by Gasteiger charge is 2.28. The first-order valence-corrected chi connectivity index (χ1v) is 6.37. The van der Waals surface area contributed by atoms with Crippen molar-refractivity contribution >= 4 is 5.91 Å². The van der Waals surface area contributed by atoms with Crippen LogP contribution in [0.5, 0.6) is 0 Å². The molecule has 1 fully saturated rings. The van der Waals surface area contributed by atoms with Gasteiger partial charge in [-0.05, 0) is 30.9 Å². The first-order valence-electron chi connectivity index (χ1n) is 6.37. The second-order valence-corrected chi connectivity index (χ2v) is 4.99. The summed E-state index contributed by atoms with van der Waals surface area (Å²) in [6.07, 6.45) is 8.23. The molecule has 1 aromatic heterocycles. The third-order valence-electron chi connectivity index (χ3n) is 3.79. The lowest BCUT2D eigenvalue weighted by Crippen LogP contribution is -2.42. The second-order valence-electron chi connectivity index (χ2n) is 4.99. The van der Waals surface area contributed by atoms with Gasteiger partial charge in [0, 0.05) is 25.5 Å². The molecule has 0 aromatic carbocycles. The van der Waals surface area contributed by atoms with E-state index in [1.165, 1.54) is 19.3 Å². The lowest BCUT2D eigenvalue weighted by molar-refractivity contribution is 0.0628. The third kappa shape index (κ3) is 2.65. The molecule has 0 N–H and O–H groups in total. The molecule has 2 atom stereocenters. The maximum Gasteiger partial charge on any atom is 0.255 e. The number of carbonyl (C=O) groups excluding carboxylic acids is 1. The van der Waals surface area contributed by atoms with Gasteiger partial charge in [-0.25, -0.2) is 0 Å². The van der Waals surface area contributed by atoms with Gasteiger partial charge in [0.05, 0.1) is 5.56 Å². The Balaban J connectivity index is 2.09. The zero-order chi connectivity index (χ0) is 12.3. The fraction of sp³-hybridized carbons (Fsp3) is 0.571. The van der Waals surface area contributed by atoms with E-state index in [0.717, 1.165) is 6.42 Å². The van der Waals surface area contributed by atoms with E-state index in [1.54, 1.807) is 12.4 Å². The summed E-state index contributed by atoms with van der Waals surface area (Å²) in [7, 11) is 1.92. The quantitative estimate of drug-likeness (QED) is 0.785. The topological polar surface area (TPSA) is 33.2 Å². The third-order valence-corrected chi connectivity index (χ3v) is 3.79. The van der Waals surface area contributed by atoms with E-state index < -0.39 is 0 Å². The van der Waals surface area contributed by atoms with Crippen molar-refractivity contribution in [2.45, 2.75) is 38.6 Å². The van der Waals surface area contributed by atoms with Gasteiger partial charge in [-0.2, -0.15) is 0 Å². The van der Waals surface area contributed by atoms with Crippen LogP contribution in [0.1, 0.15) is 43.0 Å². The lowest BCUT2D eigenvalue weighted by atomic mass is 9.85. The summed E-state index contributed by atoms with van der Waals surface area (Å²) >= 11 is 0. The van der Waals surface area contributed by atoms with Gasteiger partial charge < -0.3 is 4.90 Å². The van der Waals surface area contributed by atoms with E-state index >= 15 is 0 Å². The molecule has 1 aromatic rings. The van der Waals surface area contributed by atoms with Crippen LogP contribution in [0.25, 0.3) is 0 Å². The minimum absolute atomic E-state index is 0.0943. The molecule has 1 aliphatic carbocycles. The first-order chi connectivity index (χ1) is 8.20. The van der Waals surface area contributed by atoms with E-state index in [9.17, 15) is 4.79 Å². The van der Waals surface area contributed by atoms with Crippen molar-refractivity contribution in [2.24, 2.45) is 5.92 Å². The summed E-state index contributed by atoms with van der Waals surface area (Å²) in [5, 5.41) is 0. The SMILES string of the molecule is CC1CCCCC1N(C)C(=O)c1cccnc1. The normalized spacial score (nSPS) is 24.4. The average molecular weight is 232 g/mol. The maximum absolute atomic E-state index is 12.3. The van der Waals surface area contributed by atoms with Crippen molar-refractivity contribution in [1.82, 2.24) is 9.88 Å². The number of carbonyl (C=O) groups is 1. The van der Waals surface area contributed by atoms with Crippen LogP contribution in [0.15, 0.2) is 24.5 Å². The van der Waals surface area contributed by atoms with Crippen LogP contribution in [-0.4, -0.2) is 28.9 Å². The zero-order valence-electron chi connectivity index (χ0n) is 10.6. The average Bonchev–Trinajstić information content (AvgIpc) is 2.39. The fourth-order valence-corrected chi connectivity index (χ4v) is 2.72. The molecule has 0 radical (unpaired) electrons. The maximum atomic E-state index is 12.3. The van der Waals surface area contributed by atoms with Crippen LogP contribution in [0.2, 0.25) is 0 Å². The fourth-order valence-electron chi connectivity index (χ4n) is 2.72. The molecule has 0 aliphatic heterocycles. The Bertz CT molecular complexity index is 377. The molecule has 2 rings (SSSR count). The largest absolute Gasteiger partial charge is 0.338 e. The Hall–Kier alpha value is -1.38. The zero-order valence-corrected chi connectivity index (χ0v) is 10.6. The molecule has 1 aliphatic rings. The molecule has 0 saturated heterocycles. The van der Waals surface area contributed by atoms with Gasteiger partial charge in [-0.1, -0.05) is 19.8 Å². The Morgan fingerprint density at radius 3 is 2.82 bits per heavy atom. The van der Waals surface area contributed by atoms with Crippen molar-refractivity contribution in [3.8, 4) is 0 Å². The highest BCUT2D eigenvalue weighted by molar-refractivity contribution is 5.93. The van der Waals surface area contributed by atoms with Gasteiger partial charge in [0.1, 0.15) is 0 Å². The number of pyridine rings is 1. The molecule has 3 nitrogen and oxygen atoms in total. The summed E-state index contributed by atoms with van der Waals surface area (Å²) in [5.74, 6) is 0.700. The molecule has 3 heteroatoms. The predicted octanol–water partition coefficient (Wildman–Crippen LogP) is 2.73. The van der Waals surface area contributed by atoms with Gasteiger partial charge in [0.25, 0.3) is 5.91 Å². The summed E-state index contributed by atoms with van der Waals surface area (Å²) < 4.78 is 0. The molecule has 1 amide bonds. The molecular weight excluding hydrogens is 212 g/mol. The number of hydrogen-bond donors (Lipinski definition) is 0. The second kappa shape index (κ2) is 5.30. The lowest BCUT2D eigenvalue weighted by Gasteiger charge is -2.36. The Labute approximate surface area is 103 Å². The van der Waals surface area contributed by atoms with Crippen LogP contribution < -0.4 is 0 Å². The molecule has 0 spiro atoms. The standard InChI is InChI=1S/C14H20N2O/c1-11-6-3-4-8-13(11)16(2)14(17)12-7-5-9-15-10-12/h5,7,9-11,13H,3-4,6,8H2,1-2H3. The molecular formula is C14H20N2O. The number of nitrogens with zero attached hydrogens (tertiary/aromatic N) is 2. The smallest absolute Gasteiger partial charge is 0.255 e. The van der Waals surface area contributed by atoms with E-state index in [4.69, 9.17) is 0 Å². The van der Waals surface area contributed by atoms with E-state index in [1.807, 2.05) is 24.1 Å². The Morgan fingerprint density at radius 1 is 1.41 bits per heavy atom. The van der Waals surface area contributed by atoms with Crippen molar-refractivity contribution < 1.29 is 4.79 Å². The van der Waals surface area contributed by atoms with E-state index in [-0.39, 0.29) is 5.91 Å². The Kier molecular flexibility index (Phi) is 3.77. The van der Waals surface area contributed by atoms with Crippen LogP contribution in [0, 0.1) is 5.92 Å². The van der Waals surface area contributed by atoms with Gasteiger partial charge in [0.2, 0.25) is 0 Å². The van der Waals surface area contributed by atoms with Crippen molar-refractivity contribution in [3.63, 3.8) is 0 Å². The van der Waals surface area contributed by atoms with Crippen LogP contribution in [0.4, 0.5) is 0 Å². The van der Waals surface area contributed by atoms with Crippen LogP contribution in [0.3, 0.4) is 0 Å². The van der Waals surface area contributed by atoms with Crippen molar-refractivity contribution in [1.29, 1.82) is 0 Å². The summed E-state index contributed by atoms with van der Waals surface area (Å²) in [6.45, 7) is 2.25. The minimum atomic E-state index is 0.0943. The number of aromatic nitrogens is 1. The molecule has 0 bridgehead atoms. The summed E-state index contributed by atoms with van der Waals surface area (Å²) in [4.78, 5) is 18.2. The van der Waals surface area contributed by atoms with Gasteiger partial charge >= 0.3 is 0 Å². The molecule has 1 heterocycles. The van der Waals surface area contributed by atoms with Crippen LogP contribution in [-0.2, 0) is 0 Å². The number of hydrogen-bond acceptors (Lipinski definition) is 2. The first kappa shape index (κ1) is 12.1. The van der Waals surface area contributed by atoms with Gasteiger partial charge in [-0.3, -0.25) is 9.78 Å². The highest BCUT2D eigenvalue weighted by atomic mass is 16.2. The molecule has 2 unspecified atom stereocenters. The summed E-state index contributed by atoms with van der Waals surface area (Å²) in [6, 6.07) is 4.03. The van der Waals surface area contributed by atoms with Crippen LogP contribution >= 0.6 is 0 Å². The molecule has 1 saturated carbocycles. The number of amides is 1. The monoisotopic (exact) mass is 232 g/mol. The van der Waals surface area contributed by atoms with E-state index in [2.05, 4.69) is 11.9 Å². The van der Waals surface area contributed by atoms with Gasteiger partial charge in [-0.15, -0.1) is 0 Å². The van der Waals surface area contributed by atoms with Crippen molar-refractivity contribution in [3.05, 3.63) is 30.1 Å². The van der Waals surface area contributed by atoms with Crippen molar-refractivity contribution in [2.75, 3.05) is 7.05 Å². The predicted molar refractivity (Wildman–Crippen MR) is 67.8 cm³/mol. The minimum Gasteiger partial charge on any atom is -0.338 e. The van der Waals surface area contributed by atoms with Gasteiger partial charge in [0.15, 0.2) is 0 Å². The van der Waals surface area contributed by atoms with E-state index in [0.29, 0.717) is 17.5 Å². The number of rotatable bonds is 2.